The molecule has 0 amide bonds. The first-order valence-corrected chi connectivity index (χ1v) is 16.3. The summed E-state index contributed by atoms with van der Waals surface area (Å²) in [5.41, 5.74) is 2.71. The summed E-state index contributed by atoms with van der Waals surface area (Å²) in [4.78, 5) is 21.2. The van der Waals surface area contributed by atoms with E-state index in [1.165, 1.54) is 13.2 Å². The molecule has 0 saturated carbocycles. The number of benzene rings is 2. The van der Waals surface area contributed by atoms with Crippen LogP contribution in [-0.4, -0.2) is 81.1 Å². The first-order valence-electron chi connectivity index (χ1n) is 16.3. The summed E-state index contributed by atoms with van der Waals surface area (Å²) in [6.07, 6.45) is 2.92. The highest BCUT2D eigenvalue weighted by molar-refractivity contribution is 6.07. The number of quaternary nitrogens is 1. The number of piperidine rings is 3. The minimum absolute atomic E-state index is 0.232. The van der Waals surface area contributed by atoms with Crippen LogP contribution in [0.4, 0.5) is 18.9 Å². The van der Waals surface area contributed by atoms with Crippen LogP contribution in [-0.2, 0) is 22.2 Å². The second-order valence-corrected chi connectivity index (χ2v) is 12.9. The topological polar surface area (TPSA) is 63.7 Å². The van der Waals surface area contributed by atoms with Gasteiger partial charge < -0.3 is 24.2 Å². The minimum Gasteiger partial charge on any atom is -0.465 e. The molecule has 45 heavy (non-hydrogen) atoms. The van der Waals surface area contributed by atoms with Gasteiger partial charge in [0, 0.05) is 68.3 Å². The molecule has 3 aliphatic heterocycles. The standard InChI is InChI=1S/C35H44F3N4O3/c1-44-28-13-17-41(18-14-28)26-9-10-31-29(22-26)32(34(43)45-2)30(33(40-31)24-7-6-8-25(21-24)35(36,37)38)23-42(19-4-3-5-20-42)27-11-15-39-16-12-27/h6-10,21-22,27-28,39H,3-5,11-20,23H2,1-2H3/q+1. The van der Waals surface area contributed by atoms with Gasteiger partial charge in [-0.15, -0.1) is 0 Å². The lowest BCUT2D eigenvalue weighted by molar-refractivity contribution is -0.968. The van der Waals surface area contributed by atoms with E-state index in [-0.39, 0.29) is 6.10 Å². The van der Waals surface area contributed by atoms with E-state index in [1.807, 2.05) is 18.2 Å². The van der Waals surface area contributed by atoms with Gasteiger partial charge in [0.25, 0.3) is 0 Å². The molecule has 4 heterocycles. The number of esters is 1. The molecule has 1 N–H and O–H groups in total. The van der Waals surface area contributed by atoms with E-state index < -0.39 is 17.7 Å². The second-order valence-electron chi connectivity index (χ2n) is 12.9. The largest absolute Gasteiger partial charge is 0.465 e. The van der Waals surface area contributed by atoms with Crippen molar-refractivity contribution in [3.8, 4) is 11.3 Å². The van der Waals surface area contributed by atoms with E-state index in [1.54, 1.807) is 13.2 Å². The van der Waals surface area contributed by atoms with Crippen LogP contribution in [0.15, 0.2) is 42.5 Å². The highest BCUT2D eigenvalue weighted by Crippen LogP contribution is 2.40. The van der Waals surface area contributed by atoms with Crippen molar-refractivity contribution in [3.63, 3.8) is 0 Å². The summed E-state index contributed by atoms with van der Waals surface area (Å²) in [7, 11) is 3.12. The highest BCUT2D eigenvalue weighted by Gasteiger charge is 2.41. The fraction of sp³-hybridized carbons (Fsp3) is 0.543. The molecular formula is C35H44F3N4O3+. The minimum atomic E-state index is -4.50. The van der Waals surface area contributed by atoms with Crippen LogP contribution in [0.3, 0.4) is 0 Å². The molecule has 3 fully saturated rings. The Labute approximate surface area is 263 Å². The zero-order valence-corrected chi connectivity index (χ0v) is 26.3. The van der Waals surface area contributed by atoms with Crippen LogP contribution >= 0.6 is 0 Å². The third-order valence-electron chi connectivity index (χ3n) is 10.3. The van der Waals surface area contributed by atoms with Gasteiger partial charge in [-0.1, -0.05) is 12.1 Å². The number of alkyl halides is 3. The third kappa shape index (κ3) is 6.55. The maximum atomic E-state index is 13.9. The molecule has 0 radical (unpaired) electrons. The Hall–Kier alpha value is -3.21. The van der Waals surface area contributed by atoms with Gasteiger partial charge in [-0.3, -0.25) is 0 Å². The summed E-state index contributed by atoms with van der Waals surface area (Å²) < 4.78 is 53.6. The molecule has 0 atom stereocenters. The molecule has 10 heteroatoms. The quantitative estimate of drug-likeness (QED) is 0.237. The van der Waals surface area contributed by atoms with E-state index in [2.05, 4.69) is 10.2 Å². The Bertz CT molecular complexity index is 1510. The number of methoxy groups -OCH3 is 2. The van der Waals surface area contributed by atoms with Crippen molar-refractivity contribution in [1.82, 2.24) is 10.3 Å². The number of halogens is 3. The number of carbonyl (C=O) groups is 1. The molecule has 6 rings (SSSR count). The van der Waals surface area contributed by atoms with Crippen LogP contribution in [0, 0.1) is 0 Å². The summed E-state index contributed by atoms with van der Waals surface area (Å²) in [6.45, 7) is 6.00. The van der Waals surface area contributed by atoms with Gasteiger partial charge in [-0.05, 0) is 62.4 Å². The van der Waals surface area contributed by atoms with Crippen LogP contribution in [0.1, 0.15) is 66.4 Å². The number of aromatic nitrogens is 1. The normalized spacial score (nSPS) is 20.0. The first-order chi connectivity index (χ1) is 21.7. The lowest BCUT2D eigenvalue weighted by Gasteiger charge is -2.49. The van der Waals surface area contributed by atoms with Gasteiger partial charge in [0.2, 0.25) is 0 Å². The summed E-state index contributed by atoms with van der Waals surface area (Å²) in [5.74, 6) is -0.485. The van der Waals surface area contributed by atoms with Crippen molar-refractivity contribution < 1.29 is 31.9 Å². The molecule has 242 valence electrons. The lowest BCUT2D eigenvalue weighted by Crippen LogP contribution is -2.60. The van der Waals surface area contributed by atoms with Crippen molar-refractivity contribution >= 4 is 22.6 Å². The molecule has 0 bridgehead atoms. The molecule has 2 aromatic carbocycles. The maximum Gasteiger partial charge on any atom is 0.416 e. The lowest BCUT2D eigenvalue weighted by atomic mass is 9.90. The Morgan fingerprint density at radius 3 is 2.40 bits per heavy atom. The average molecular weight is 626 g/mol. The Morgan fingerprint density at radius 2 is 1.73 bits per heavy atom. The zero-order chi connectivity index (χ0) is 31.6. The first kappa shape index (κ1) is 31.8. The summed E-state index contributed by atoms with van der Waals surface area (Å²) in [6, 6.07) is 11.6. The molecule has 3 saturated heterocycles. The number of nitrogens with one attached hydrogen (secondary N) is 1. The fourth-order valence-electron chi connectivity index (χ4n) is 7.87. The number of hydrogen-bond acceptors (Lipinski definition) is 6. The molecule has 0 aliphatic carbocycles. The predicted molar refractivity (Wildman–Crippen MR) is 169 cm³/mol. The average Bonchev–Trinajstić information content (AvgIpc) is 3.08. The third-order valence-corrected chi connectivity index (χ3v) is 10.3. The van der Waals surface area contributed by atoms with Gasteiger partial charge in [0.15, 0.2) is 0 Å². The van der Waals surface area contributed by atoms with E-state index in [0.717, 1.165) is 107 Å². The van der Waals surface area contributed by atoms with Gasteiger partial charge in [0.1, 0.15) is 6.54 Å². The van der Waals surface area contributed by atoms with Crippen molar-refractivity contribution in [3.05, 3.63) is 59.2 Å². The van der Waals surface area contributed by atoms with Crippen LogP contribution in [0.2, 0.25) is 0 Å². The number of rotatable bonds is 7. The van der Waals surface area contributed by atoms with Crippen molar-refractivity contribution in [2.45, 2.75) is 69.8 Å². The number of anilines is 1. The van der Waals surface area contributed by atoms with E-state index in [0.29, 0.717) is 45.9 Å². The number of hydrogen-bond donors (Lipinski definition) is 1. The second kappa shape index (κ2) is 13.3. The monoisotopic (exact) mass is 625 g/mol. The molecule has 3 aromatic rings. The van der Waals surface area contributed by atoms with Crippen LogP contribution < -0.4 is 10.2 Å². The van der Waals surface area contributed by atoms with Crippen molar-refractivity contribution in [1.29, 1.82) is 0 Å². The van der Waals surface area contributed by atoms with Gasteiger partial charge in [-0.2, -0.15) is 13.2 Å². The predicted octanol–water partition coefficient (Wildman–Crippen LogP) is 6.58. The number of nitrogens with zero attached hydrogens (tertiary/aromatic N) is 3. The van der Waals surface area contributed by atoms with Gasteiger partial charge >= 0.3 is 12.1 Å². The van der Waals surface area contributed by atoms with Gasteiger partial charge in [0.05, 0.1) is 54.7 Å². The van der Waals surface area contributed by atoms with Crippen molar-refractivity contribution in [2.24, 2.45) is 0 Å². The molecular weight excluding hydrogens is 581 g/mol. The SMILES string of the molecule is COC(=O)c1c(C[N+]2(C3CCNCC3)CCCCC2)c(-c2cccc(C(F)(F)F)c2)nc2ccc(N3CCC(OC)CC3)cc12. The number of likely N-dealkylation sites (tertiary alicyclic amines) is 1. The molecule has 0 spiro atoms. The smallest absolute Gasteiger partial charge is 0.416 e. The Balaban J connectivity index is 1.56. The fourth-order valence-corrected chi connectivity index (χ4v) is 7.87. The summed E-state index contributed by atoms with van der Waals surface area (Å²) in [5, 5.41) is 4.16. The number of pyridine rings is 1. The number of fused-ring (bicyclic) bond motifs is 1. The number of ether oxygens (including phenoxy) is 2. The number of carbonyl (C=O) groups excluding carboxylic acids is 1. The Morgan fingerprint density at radius 1 is 1.00 bits per heavy atom. The molecule has 3 aliphatic rings. The van der Waals surface area contributed by atoms with Crippen LogP contribution in [0.5, 0.6) is 0 Å². The van der Waals surface area contributed by atoms with E-state index >= 15 is 0 Å². The molecule has 7 nitrogen and oxygen atoms in total. The molecule has 1 aromatic heterocycles. The van der Waals surface area contributed by atoms with Crippen molar-refractivity contribution in [2.75, 3.05) is 58.4 Å². The summed E-state index contributed by atoms with van der Waals surface area (Å²) >= 11 is 0. The molecule has 0 unspecified atom stereocenters. The Kier molecular flexibility index (Phi) is 9.36. The zero-order valence-electron chi connectivity index (χ0n) is 26.3. The van der Waals surface area contributed by atoms with E-state index in [9.17, 15) is 18.0 Å². The van der Waals surface area contributed by atoms with Gasteiger partial charge in [-0.25, -0.2) is 9.78 Å². The van der Waals surface area contributed by atoms with Crippen LogP contribution in [0.25, 0.3) is 22.2 Å². The highest BCUT2D eigenvalue weighted by atomic mass is 19.4. The maximum absolute atomic E-state index is 13.9. The van der Waals surface area contributed by atoms with E-state index in [4.69, 9.17) is 14.5 Å².